The van der Waals surface area contributed by atoms with Crippen LogP contribution < -0.4 is 5.32 Å². The van der Waals surface area contributed by atoms with Crippen LogP contribution in [0.1, 0.15) is 41.5 Å². The summed E-state index contributed by atoms with van der Waals surface area (Å²) >= 11 is 0. The van der Waals surface area contributed by atoms with Crippen molar-refractivity contribution in [2.45, 2.75) is 53.1 Å². The molecule has 0 heterocycles. The fraction of sp³-hybridized carbons (Fsp3) is 0.917. The van der Waals surface area contributed by atoms with Crippen LogP contribution in [0.2, 0.25) is 0 Å². The Balaban J connectivity index is 4.74. The van der Waals surface area contributed by atoms with Gasteiger partial charge in [0.1, 0.15) is 0 Å². The predicted octanol–water partition coefficient (Wildman–Crippen LogP) is 1.88. The number of hydrogen-bond donors (Lipinski definition) is 1. The summed E-state index contributed by atoms with van der Waals surface area (Å²) in [6.07, 6.45) is 0. The molecule has 0 aliphatic rings. The molecule has 0 aromatic rings. The van der Waals surface area contributed by atoms with Crippen LogP contribution in [0.15, 0.2) is 0 Å². The zero-order chi connectivity index (χ0) is 12.4. The first-order valence-electron chi connectivity index (χ1n) is 5.50. The van der Waals surface area contributed by atoms with Crippen molar-refractivity contribution >= 4 is 5.91 Å². The maximum Gasteiger partial charge on any atom is 0.242 e. The second kappa shape index (κ2) is 4.52. The van der Waals surface area contributed by atoms with Crippen molar-refractivity contribution in [1.29, 1.82) is 0 Å². The molecule has 0 rings (SSSR count). The third-order valence-corrected chi connectivity index (χ3v) is 3.31. The Bertz CT molecular complexity index is 228. The summed E-state index contributed by atoms with van der Waals surface area (Å²) in [5.41, 5.74) is -0.386. The minimum absolute atomic E-state index is 0.105. The Morgan fingerprint density at radius 2 is 1.60 bits per heavy atom. The van der Waals surface area contributed by atoms with E-state index in [1.165, 1.54) is 0 Å². The van der Waals surface area contributed by atoms with Gasteiger partial charge in [0.05, 0.1) is 5.54 Å². The molecular formula is C12H26N2O. The lowest BCUT2D eigenvalue weighted by molar-refractivity contribution is -0.139. The number of nitrogens with one attached hydrogen (secondary N) is 1. The lowest BCUT2D eigenvalue weighted by Gasteiger charge is -2.39. The Morgan fingerprint density at radius 1 is 1.20 bits per heavy atom. The summed E-state index contributed by atoms with van der Waals surface area (Å²) in [5.74, 6) is 0.132. The van der Waals surface area contributed by atoms with Crippen molar-refractivity contribution in [3.8, 4) is 0 Å². The third kappa shape index (κ3) is 3.49. The quantitative estimate of drug-likeness (QED) is 0.778. The van der Waals surface area contributed by atoms with Crippen LogP contribution in [-0.4, -0.2) is 36.5 Å². The van der Waals surface area contributed by atoms with E-state index in [0.29, 0.717) is 0 Å². The summed E-state index contributed by atoms with van der Waals surface area (Å²) in [6, 6.07) is 0.220. The van der Waals surface area contributed by atoms with Crippen LogP contribution in [-0.2, 0) is 4.79 Å². The number of carbonyl (C=O) groups excluding carboxylic acids is 1. The SMILES string of the molecule is CNC(C)(C)C(=O)N(C)C(C)C(C)(C)C. The number of hydrogen-bond acceptors (Lipinski definition) is 2. The average molecular weight is 214 g/mol. The van der Waals surface area contributed by atoms with Crippen LogP contribution in [0.4, 0.5) is 0 Å². The first-order valence-corrected chi connectivity index (χ1v) is 5.50. The molecule has 15 heavy (non-hydrogen) atoms. The highest BCUT2D eigenvalue weighted by Crippen LogP contribution is 2.24. The molecule has 0 spiro atoms. The fourth-order valence-corrected chi connectivity index (χ4v) is 1.30. The molecule has 0 aromatic carbocycles. The first-order chi connectivity index (χ1) is 6.54. The molecular weight excluding hydrogens is 188 g/mol. The van der Waals surface area contributed by atoms with Crippen LogP contribution in [0.5, 0.6) is 0 Å². The van der Waals surface area contributed by atoms with Gasteiger partial charge in [0, 0.05) is 13.1 Å². The van der Waals surface area contributed by atoms with Crippen LogP contribution in [0.3, 0.4) is 0 Å². The van der Waals surface area contributed by atoms with Crippen molar-refractivity contribution in [3.63, 3.8) is 0 Å². The Labute approximate surface area is 94.2 Å². The van der Waals surface area contributed by atoms with E-state index in [1.54, 1.807) is 0 Å². The third-order valence-electron chi connectivity index (χ3n) is 3.31. The lowest BCUT2D eigenvalue weighted by Crippen LogP contribution is -2.55. The maximum atomic E-state index is 12.1. The molecule has 0 radical (unpaired) electrons. The minimum atomic E-state index is -0.492. The van der Waals surface area contributed by atoms with E-state index in [0.717, 1.165) is 0 Å². The molecule has 3 heteroatoms. The second-order valence-corrected chi connectivity index (χ2v) is 5.83. The summed E-state index contributed by atoms with van der Waals surface area (Å²) in [4.78, 5) is 14.0. The second-order valence-electron chi connectivity index (χ2n) is 5.83. The van der Waals surface area contributed by atoms with Gasteiger partial charge < -0.3 is 10.2 Å². The lowest BCUT2D eigenvalue weighted by atomic mass is 9.86. The topological polar surface area (TPSA) is 32.3 Å². The number of nitrogens with zero attached hydrogens (tertiary/aromatic N) is 1. The van der Waals surface area contributed by atoms with Gasteiger partial charge in [-0.2, -0.15) is 0 Å². The molecule has 3 nitrogen and oxygen atoms in total. The summed E-state index contributed by atoms with van der Waals surface area (Å²) in [5, 5.41) is 3.04. The van der Waals surface area contributed by atoms with Crippen LogP contribution in [0.25, 0.3) is 0 Å². The van der Waals surface area contributed by atoms with E-state index >= 15 is 0 Å². The number of rotatable bonds is 3. The smallest absolute Gasteiger partial charge is 0.242 e. The van der Waals surface area contributed by atoms with Gasteiger partial charge in [-0.1, -0.05) is 20.8 Å². The van der Waals surface area contributed by atoms with E-state index in [4.69, 9.17) is 0 Å². The summed E-state index contributed by atoms with van der Waals surface area (Å²) < 4.78 is 0. The molecule has 1 atom stereocenters. The first kappa shape index (κ1) is 14.4. The number of likely N-dealkylation sites (N-methyl/N-ethyl adjacent to an activating group) is 2. The molecule has 1 N–H and O–H groups in total. The number of carbonyl (C=O) groups is 1. The Kier molecular flexibility index (Phi) is 4.35. The Morgan fingerprint density at radius 3 is 1.87 bits per heavy atom. The van der Waals surface area contributed by atoms with Gasteiger partial charge in [-0.3, -0.25) is 4.79 Å². The highest BCUT2D eigenvalue weighted by Gasteiger charge is 2.34. The fourth-order valence-electron chi connectivity index (χ4n) is 1.30. The van der Waals surface area contributed by atoms with Crippen molar-refractivity contribution < 1.29 is 4.79 Å². The number of amides is 1. The van der Waals surface area contributed by atoms with Gasteiger partial charge >= 0.3 is 0 Å². The monoisotopic (exact) mass is 214 g/mol. The molecule has 0 aromatic heterocycles. The molecule has 90 valence electrons. The van der Waals surface area contributed by atoms with E-state index in [-0.39, 0.29) is 17.4 Å². The van der Waals surface area contributed by atoms with Crippen molar-refractivity contribution in [2.24, 2.45) is 5.41 Å². The molecule has 0 saturated carbocycles. The highest BCUT2D eigenvalue weighted by molar-refractivity contribution is 5.85. The summed E-state index contributed by atoms with van der Waals surface area (Å²) in [6.45, 7) is 12.3. The van der Waals surface area contributed by atoms with Crippen LogP contribution in [0, 0.1) is 5.41 Å². The van der Waals surface area contributed by atoms with Crippen molar-refractivity contribution in [3.05, 3.63) is 0 Å². The summed E-state index contributed by atoms with van der Waals surface area (Å²) in [7, 11) is 3.69. The van der Waals surface area contributed by atoms with Gasteiger partial charge in [0.25, 0.3) is 0 Å². The average Bonchev–Trinajstić information content (AvgIpc) is 2.12. The van der Waals surface area contributed by atoms with E-state index < -0.39 is 5.54 Å². The zero-order valence-corrected chi connectivity index (χ0v) is 11.4. The van der Waals surface area contributed by atoms with E-state index in [1.807, 2.05) is 32.8 Å². The van der Waals surface area contributed by atoms with E-state index in [2.05, 4.69) is 33.0 Å². The standard InChI is InChI=1S/C12H26N2O/c1-9(11(2,3)4)14(8)10(15)12(5,6)13-7/h9,13H,1-8H3. The molecule has 0 fully saturated rings. The molecule has 0 aliphatic heterocycles. The van der Waals surface area contributed by atoms with Gasteiger partial charge in [-0.25, -0.2) is 0 Å². The van der Waals surface area contributed by atoms with Gasteiger partial charge in [0.2, 0.25) is 5.91 Å². The van der Waals surface area contributed by atoms with Gasteiger partial charge in [0.15, 0.2) is 0 Å². The largest absolute Gasteiger partial charge is 0.341 e. The van der Waals surface area contributed by atoms with Crippen LogP contribution >= 0.6 is 0 Å². The minimum Gasteiger partial charge on any atom is -0.341 e. The van der Waals surface area contributed by atoms with Gasteiger partial charge in [-0.15, -0.1) is 0 Å². The van der Waals surface area contributed by atoms with Crippen molar-refractivity contribution in [1.82, 2.24) is 10.2 Å². The Hall–Kier alpha value is -0.570. The van der Waals surface area contributed by atoms with E-state index in [9.17, 15) is 4.79 Å². The van der Waals surface area contributed by atoms with Crippen molar-refractivity contribution in [2.75, 3.05) is 14.1 Å². The molecule has 0 saturated heterocycles. The van der Waals surface area contributed by atoms with Gasteiger partial charge in [-0.05, 0) is 33.2 Å². The molecule has 1 unspecified atom stereocenters. The predicted molar refractivity (Wildman–Crippen MR) is 64.8 cm³/mol. The molecule has 1 amide bonds. The highest BCUT2D eigenvalue weighted by atomic mass is 16.2. The molecule has 0 aliphatic carbocycles. The normalized spacial score (nSPS) is 14.9. The maximum absolute atomic E-state index is 12.1. The molecule has 0 bridgehead atoms. The zero-order valence-electron chi connectivity index (χ0n) is 11.4.